The van der Waals surface area contributed by atoms with Crippen LogP contribution in [0.1, 0.15) is 15.9 Å². The summed E-state index contributed by atoms with van der Waals surface area (Å²) in [6.07, 6.45) is 3.31. The number of pyridine rings is 1. The Hall–Kier alpha value is -3.26. The molecule has 8 heteroatoms. The van der Waals surface area contributed by atoms with Crippen molar-refractivity contribution in [3.05, 3.63) is 90.0 Å². The van der Waals surface area contributed by atoms with Gasteiger partial charge in [-0.1, -0.05) is 0 Å². The van der Waals surface area contributed by atoms with E-state index >= 15 is 0 Å². The number of benzene rings is 2. The number of hydrogen-bond acceptors (Lipinski definition) is 4. The fourth-order valence-electron chi connectivity index (χ4n) is 2.56. The molecule has 0 aliphatic heterocycles. The summed E-state index contributed by atoms with van der Waals surface area (Å²) in [5.74, 6) is -0.686. The number of halogens is 1. The molecule has 6 nitrogen and oxygen atoms in total. The van der Waals surface area contributed by atoms with E-state index < -0.39 is 15.8 Å². The van der Waals surface area contributed by atoms with Crippen molar-refractivity contribution in [3.8, 4) is 0 Å². The Morgan fingerprint density at radius 2 is 1.61 bits per heavy atom. The van der Waals surface area contributed by atoms with E-state index in [4.69, 9.17) is 0 Å². The number of carbonyl (C=O) groups excluding carboxylic acids is 1. The van der Waals surface area contributed by atoms with Crippen LogP contribution in [0.25, 0.3) is 0 Å². The SMILES string of the molecule is CN(Cc1ccncc1)C(=O)c1ccc(S(=O)(=O)Nc2ccc(F)cc2)cc1. The lowest BCUT2D eigenvalue weighted by Crippen LogP contribution is -2.26. The zero-order chi connectivity index (χ0) is 20.1. The number of aromatic nitrogens is 1. The minimum atomic E-state index is -3.84. The molecule has 1 aromatic heterocycles. The predicted octanol–water partition coefficient (Wildman–Crippen LogP) is 3.29. The molecule has 0 spiro atoms. The topological polar surface area (TPSA) is 79.4 Å². The van der Waals surface area contributed by atoms with Gasteiger partial charge in [-0.3, -0.25) is 14.5 Å². The molecular formula is C20H18FN3O3S. The maximum absolute atomic E-state index is 12.9. The van der Waals surface area contributed by atoms with Gasteiger partial charge >= 0.3 is 0 Å². The van der Waals surface area contributed by atoms with Gasteiger partial charge in [0.2, 0.25) is 0 Å². The monoisotopic (exact) mass is 399 g/mol. The zero-order valence-electron chi connectivity index (χ0n) is 15.0. The van der Waals surface area contributed by atoms with Crippen LogP contribution in [0.3, 0.4) is 0 Å². The summed E-state index contributed by atoms with van der Waals surface area (Å²) in [6.45, 7) is 0.410. The molecule has 28 heavy (non-hydrogen) atoms. The van der Waals surface area contributed by atoms with E-state index in [2.05, 4.69) is 9.71 Å². The molecule has 0 fully saturated rings. The van der Waals surface area contributed by atoms with E-state index in [-0.39, 0.29) is 16.5 Å². The highest BCUT2D eigenvalue weighted by Gasteiger charge is 2.17. The number of anilines is 1. The Kier molecular flexibility index (Phi) is 5.70. The molecule has 1 heterocycles. The molecule has 0 radical (unpaired) electrons. The molecule has 1 N–H and O–H groups in total. The molecule has 0 unspecified atom stereocenters. The lowest BCUT2D eigenvalue weighted by atomic mass is 10.2. The zero-order valence-corrected chi connectivity index (χ0v) is 15.9. The number of carbonyl (C=O) groups is 1. The Balaban J connectivity index is 1.71. The Bertz CT molecular complexity index is 1050. The van der Waals surface area contributed by atoms with Crippen LogP contribution in [0.15, 0.2) is 78.0 Å². The second-order valence-electron chi connectivity index (χ2n) is 6.15. The Morgan fingerprint density at radius 3 is 2.21 bits per heavy atom. The summed E-state index contributed by atoms with van der Waals surface area (Å²) >= 11 is 0. The van der Waals surface area contributed by atoms with Crippen LogP contribution in [0, 0.1) is 5.82 Å². The quantitative estimate of drug-likeness (QED) is 0.690. The molecule has 0 saturated carbocycles. The summed E-state index contributed by atoms with van der Waals surface area (Å²) in [5, 5.41) is 0. The highest BCUT2D eigenvalue weighted by atomic mass is 32.2. The minimum absolute atomic E-state index is 0.00478. The maximum Gasteiger partial charge on any atom is 0.261 e. The first-order valence-electron chi connectivity index (χ1n) is 8.38. The number of amides is 1. The van der Waals surface area contributed by atoms with Crippen LogP contribution in [0.4, 0.5) is 10.1 Å². The van der Waals surface area contributed by atoms with Gasteiger partial charge in [0.05, 0.1) is 4.90 Å². The van der Waals surface area contributed by atoms with Crippen molar-refractivity contribution in [3.63, 3.8) is 0 Å². The normalized spacial score (nSPS) is 11.1. The minimum Gasteiger partial charge on any atom is -0.337 e. The van der Waals surface area contributed by atoms with E-state index in [0.29, 0.717) is 12.1 Å². The van der Waals surface area contributed by atoms with E-state index in [1.54, 1.807) is 19.4 Å². The highest BCUT2D eigenvalue weighted by Crippen LogP contribution is 2.18. The maximum atomic E-state index is 12.9. The summed E-state index contributed by atoms with van der Waals surface area (Å²) in [4.78, 5) is 18.0. The lowest BCUT2D eigenvalue weighted by Gasteiger charge is -2.17. The molecular weight excluding hydrogens is 381 g/mol. The fourth-order valence-corrected chi connectivity index (χ4v) is 3.62. The standard InChI is InChI=1S/C20H18FN3O3S/c1-24(14-15-10-12-22-13-11-15)20(25)16-2-8-19(9-3-16)28(26,27)23-18-6-4-17(21)5-7-18/h2-13,23H,14H2,1H3. The van der Waals surface area contributed by atoms with Crippen LogP contribution < -0.4 is 4.72 Å². The van der Waals surface area contributed by atoms with Gasteiger partial charge in [0.1, 0.15) is 5.82 Å². The molecule has 0 aliphatic carbocycles. The van der Waals surface area contributed by atoms with Crippen LogP contribution in [-0.2, 0) is 16.6 Å². The molecule has 144 valence electrons. The van der Waals surface area contributed by atoms with Gasteiger partial charge in [-0.05, 0) is 66.2 Å². The second-order valence-corrected chi connectivity index (χ2v) is 7.84. The molecule has 0 bridgehead atoms. The summed E-state index contributed by atoms with van der Waals surface area (Å²) < 4.78 is 40.2. The average molecular weight is 399 g/mol. The highest BCUT2D eigenvalue weighted by molar-refractivity contribution is 7.92. The molecule has 3 aromatic rings. The van der Waals surface area contributed by atoms with Crippen molar-refractivity contribution in [1.82, 2.24) is 9.88 Å². The third-order valence-corrected chi connectivity index (χ3v) is 5.42. The molecule has 0 saturated heterocycles. The van der Waals surface area contributed by atoms with Gasteiger partial charge in [-0.15, -0.1) is 0 Å². The summed E-state index contributed by atoms with van der Waals surface area (Å²) in [5.41, 5.74) is 1.56. The van der Waals surface area contributed by atoms with E-state index in [1.807, 2.05) is 12.1 Å². The third kappa shape index (κ3) is 4.72. The van der Waals surface area contributed by atoms with Gasteiger partial charge < -0.3 is 4.90 Å². The number of hydrogen-bond donors (Lipinski definition) is 1. The van der Waals surface area contributed by atoms with Crippen LogP contribution in [0.5, 0.6) is 0 Å². The number of nitrogens with one attached hydrogen (secondary N) is 1. The molecule has 3 rings (SSSR count). The third-order valence-electron chi connectivity index (χ3n) is 4.02. The van der Waals surface area contributed by atoms with Crippen molar-refractivity contribution >= 4 is 21.6 Å². The molecule has 0 aliphatic rings. The second kappa shape index (κ2) is 8.18. The lowest BCUT2D eigenvalue weighted by molar-refractivity contribution is 0.0785. The fraction of sp³-hybridized carbons (Fsp3) is 0.100. The van der Waals surface area contributed by atoms with Crippen molar-refractivity contribution in [2.24, 2.45) is 0 Å². The summed E-state index contributed by atoms with van der Waals surface area (Å²) in [7, 11) is -2.17. The van der Waals surface area contributed by atoms with Crippen LogP contribution in [0.2, 0.25) is 0 Å². The van der Waals surface area contributed by atoms with Crippen molar-refractivity contribution in [2.75, 3.05) is 11.8 Å². The van der Waals surface area contributed by atoms with Gasteiger partial charge in [-0.2, -0.15) is 0 Å². The predicted molar refractivity (Wildman–Crippen MR) is 104 cm³/mol. The van der Waals surface area contributed by atoms with E-state index in [1.165, 1.54) is 41.3 Å². The Morgan fingerprint density at radius 1 is 1.00 bits per heavy atom. The van der Waals surface area contributed by atoms with Crippen LogP contribution in [-0.4, -0.2) is 31.3 Å². The van der Waals surface area contributed by atoms with Crippen molar-refractivity contribution < 1.29 is 17.6 Å². The first-order valence-corrected chi connectivity index (χ1v) is 9.86. The van der Waals surface area contributed by atoms with E-state index in [0.717, 1.165) is 17.7 Å². The molecule has 2 aromatic carbocycles. The number of rotatable bonds is 6. The average Bonchev–Trinajstić information content (AvgIpc) is 2.70. The largest absolute Gasteiger partial charge is 0.337 e. The van der Waals surface area contributed by atoms with Crippen molar-refractivity contribution in [2.45, 2.75) is 11.4 Å². The van der Waals surface area contributed by atoms with Crippen LogP contribution >= 0.6 is 0 Å². The molecule has 1 amide bonds. The van der Waals surface area contributed by atoms with E-state index in [9.17, 15) is 17.6 Å². The molecule has 0 atom stereocenters. The first-order chi connectivity index (χ1) is 13.3. The number of nitrogens with zero attached hydrogens (tertiary/aromatic N) is 2. The summed E-state index contributed by atoms with van der Waals surface area (Å²) in [6, 6.07) is 14.3. The van der Waals surface area contributed by atoms with Gasteiger partial charge in [-0.25, -0.2) is 12.8 Å². The van der Waals surface area contributed by atoms with Gasteiger partial charge in [0, 0.05) is 37.2 Å². The Labute approximate surface area is 162 Å². The number of sulfonamides is 1. The van der Waals surface area contributed by atoms with Crippen molar-refractivity contribution in [1.29, 1.82) is 0 Å². The smallest absolute Gasteiger partial charge is 0.261 e. The van der Waals surface area contributed by atoms with Gasteiger partial charge in [0.25, 0.3) is 15.9 Å². The first kappa shape index (κ1) is 19.5. The van der Waals surface area contributed by atoms with Gasteiger partial charge in [0.15, 0.2) is 0 Å².